The summed E-state index contributed by atoms with van der Waals surface area (Å²) in [7, 11) is 1.65. The van der Waals surface area contributed by atoms with Gasteiger partial charge in [-0.3, -0.25) is 0 Å². The zero-order chi connectivity index (χ0) is 12.5. The van der Waals surface area contributed by atoms with Crippen molar-refractivity contribution in [2.24, 2.45) is 0 Å². The number of nitrogens with zero attached hydrogens (tertiary/aromatic N) is 1. The second-order valence-electron chi connectivity index (χ2n) is 4.93. The molecule has 1 aliphatic rings. The molecule has 94 valence electrons. The molecule has 18 heavy (non-hydrogen) atoms. The number of hydrogen-bond donors (Lipinski definition) is 1. The van der Waals surface area contributed by atoms with Crippen molar-refractivity contribution in [1.29, 1.82) is 0 Å². The zero-order valence-electron chi connectivity index (χ0n) is 10.5. The molecule has 0 amide bonds. The molecule has 3 nitrogen and oxygen atoms in total. The van der Waals surface area contributed by atoms with Gasteiger partial charge in [0.15, 0.2) is 0 Å². The molecule has 1 aromatic carbocycles. The molecule has 0 bridgehead atoms. The van der Waals surface area contributed by atoms with Crippen LogP contribution in [-0.2, 0) is 0 Å². The highest BCUT2D eigenvalue weighted by Gasteiger charge is 2.21. The van der Waals surface area contributed by atoms with Crippen molar-refractivity contribution in [2.45, 2.75) is 31.6 Å². The summed E-state index contributed by atoms with van der Waals surface area (Å²) >= 11 is 0. The lowest BCUT2D eigenvalue weighted by molar-refractivity contribution is 0.415. The summed E-state index contributed by atoms with van der Waals surface area (Å²) in [6.45, 7) is 0. The molecular formula is C15H17NO2. The lowest BCUT2D eigenvalue weighted by Gasteiger charge is -2.12. The van der Waals surface area contributed by atoms with Crippen LogP contribution in [0.1, 0.15) is 37.3 Å². The summed E-state index contributed by atoms with van der Waals surface area (Å²) in [4.78, 5) is 4.64. The van der Waals surface area contributed by atoms with E-state index in [2.05, 4.69) is 4.98 Å². The molecule has 0 atom stereocenters. The number of aromatic nitrogens is 1. The molecule has 0 spiro atoms. The van der Waals surface area contributed by atoms with Gasteiger partial charge in [-0.15, -0.1) is 0 Å². The fraction of sp³-hybridized carbons (Fsp3) is 0.400. The molecule has 3 heteroatoms. The maximum atomic E-state index is 10.1. The van der Waals surface area contributed by atoms with Crippen LogP contribution in [0.3, 0.4) is 0 Å². The summed E-state index contributed by atoms with van der Waals surface area (Å²) in [5.74, 6) is 1.55. The number of pyridine rings is 1. The van der Waals surface area contributed by atoms with Crippen LogP contribution in [0.5, 0.6) is 11.5 Å². The standard InChI is InChI=1S/C15H17NO2/c1-18-12-7-6-11-8-14(17)15(16-13(11)9-12)10-4-2-3-5-10/h6-10,17H,2-5H2,1H3. The van der Waals surface area contributed by atoms with Gasteiger partial charge >= 0.3 is 0 Å². The zero-order valence-corrected chi connectivity index (χ0v) is 10.5. The van der Waals surface area contributed by atoms with Crippen molar-refractivity contribution < 1.29 is 9.84 Å². The predicted molar refractivity (Wildman–Crippen MR) is 71.2 cm³/mol. The first-order valence-corrected chi connectivity index (χ1v) is 6.45. The number of hydrogen-bond acceptors (Lipinski definition) is 3. The van der Waals surface area contributed by atoms with E-state index in [-0.39, 0.29) is 0 Å². The van der Waals surface area contributed by atoms with Crippen molar-refractivity contribution in [3.8, 4) is 11.5 Å². The van der Waals surface area contributed by atoms with E-state index in [9.17, 15) is 5.11 Å². The molecule has 1 fully saturated rings. The van der Waals surface area contributed by atoms with Crippen molar-refractivity contribution in [2.75, 3.05) is 7.11 Å². The molecule has 1 aliphatic carbocycles. The first-order chi connectivity index (χ1) is 8.78. The Hall–Kier alpha value is -1.77. The van der Waals surface area contributed by atoms with Gasteiger partial charge in [0.25, 0.3) is 0 Å². The summed E-state index contributed by atoms with van der Waals surface area (Å²) in [6.07, 6.45) is 4.75. The van der Waals surface area contributed by atoms with E-state index in [4.69, 9.17) is 4.74 Å². The third-order valence-electron chi connectivity index (χ3n) is 3.78. The quantitative estimate of drug-likeness (QED) is 0.876. The second-order valence-corrected chi connectivity index (χ2v) is 4.93. The average molecular weight is 243 g/mol. The van der Waals surface area contributed by atoms with E-state index in [0.717, 1.165) is 35.2 Å². The minimum absolute atomic E-state index is 0.333. The number of fused-ring (bicyclic) bond motifs is 1. The van der Waals surface area contributed by atoms with Crippen molar-refractivity contribution in [3.05, 3.63) is 30.0 Å². The van der Waals surface area contributed by atoms with Gasteiger partial charge in [-0.25, -0.2) is 4.98 Å². The number of aromatic hydroxyl groups is 1. The first-order valence-electron chi connectivity index (χ1n) is 6.45. The van der Waals surface area contributed by atoms with Crippen LogP contribution in [0.25, 0.3) is 10.9 Å². The third-order valence-corrected chi connectivity index (χ3v) is 3.78. The summed E-state index contributed by atoms with van der Waals surface area (Å²) in [5, 5.41) is 11.1. The van der Waals surface area contributed by atoms with E-state index in [1.807, 2.05) is 24.3 Å². The Labute approximate surface area is 106 Å². The van der Waals surface area contributed by atoms with Gasteiger partial charge in [0.05, 0.1) is 18.3 Å². The molecule has 1 saturated carbocycles. The topological polar surface area (TPSA) is 42.4 Å². The largest absolute Gasteiger partial charge is 0.506 e. The van der Waals surface area contributed by atoms with Gasteiger partial charge < -0.3 is 9.84 Å². The predicted octanol–water partition coefficient (Wildman–Crippen LogP) is 3.61. The highest BCUT2D eigenvalue weighted by Crippen LogP contribution is 2.38. The number of rotatable bonds is 2. The summed E-state index contributed by atoms with van der Waals surface area (Å²) in [6, 6.07) is 7.56. The van der Waals surface area contributed by atoms with Gasteiger partial charge in [-0.2, -0.15) is 0 Å². The Balaban J connectivity index is 2.11. The van der Waals surface area contributed by atoms with Gasteiger partial charge in [-0.1, -0.05) is 12.8 Å². The molecule has 0 radical (unpaired) electrons. The maximum Gasteiger partial charge on any atom is 0.138 e. The highest BCUT2D eigenvalue weighted by molar-refractivity contribution is 5.81. The Morgan fingerprint density at radius 1 is 1.22 bits per heavy atom. The molecule has 2 aromatic rings. The fourth-order valence-corrected chi connectivity index (χ4v) is 2.78. The van der Waals surface area contributed by atoms with E-state index in [1.165, 1.54) is 12.8 Å². The molecule has 1 aromatic heterocycles. The van der Waals surface area contributed by atoms with Gasteiger partial charge in [-0.05, 0) is 31.0 Å². The average Bonchev–Trinajstić information content (AvgIpc) is 2.91. The molecule has 3 rings (SSSR count). The second kappa shape index (κ2) is 4.48. The molecule has 1 heterocycles. The van der Waals surface area contributed by atoms with Crippen LogP contribution < -0.4 is 4.74 Å². The minimum Gasteiger partial charge on any atom is -0.506 e. The molecule has 1 N–H and O–H groups in total. The van der Waals surface area contributed by atoms with E-state index in [1.54, 1.807) is 7.11 Å². The molecule has 0 saturated heterocycles. The van der Waals surface area contributed by atoms with Crippen molar-refractivity contribution in [1.82, 2.24) is 4.98 Å². The number of ether oxygens (including phenoxy) is 1. The monoisotopic (exact) mass is 243 g/mol. The smallest absolute Gasteiger partial charge is 0.138 e. The minimum atomic E-state index is 0.333. The molecular weight excluding hydrogens is 226 g/mol. The van der Waals surface area contributed by atoms with Crippen molar-refractivity contribution >= 4 is 10.9 Å². The first kappa shape index (κ1) is 11.3. The Kier molecular flexibility index (Phi) is 2.82. The van der Waals surface area contributed by atoms with Crippen molar-refractivity contribution in [3.63, 3.8) is 0 Å². The lowest BCUT2D eigenvalue weighted by atomic mass is 10.0. The SMILES string of the molecule is COc1ccc2cc(O)c(C3CCCC3)nc2c1. The fourth-order valence-electron chi connectivity index (χ4n) is 2.78. The number of benzene rings is 1. The Morgan fingerprint density at radius 3 is 2.72 bits per heavy atom. The Bertz CT molecular complexity index is 574. The number of methoxy groups -OCH3 is 1. The van der Waals surface area contributed by atoms with Gasteiger partial charge in [0.1, 0.15) is 11.5 Å². The van der Waals surface area contributed by atoms with Crippen LogP contribution >= 0.6 is 0 Å². The van der Waals surface area contributed by atoms with E-state index in [0.29, 0.717) is 11.7 Å². The third kappa shape index (κ3) is 1.90. The van der Waals surface area contributed by atoms with E-state index >= 15 is 0 Å². The normalized spacial score (nSPS) is 16.3. The summed E-state index contributed by atoms with van der Waals surface area (Å²) in [5.41, 5.74) is 1.75. The highest BCUT2D eigenvalue weighted by atomic mass is 16.5. The van der Waals surface area contributed by atoms with Crippen LogP contribution in [0.2, 0.25) is 0 Å². The van der Waals surface area contributed by atoms with Crippen LogP contribution in [0.4, 0.5) is 0 Å². The van der Waals surface area contributed by atoms with Crippen LogP contribution in [0, 0.1) is 0 Å². The van der Waals surface area contributed by atoms with Gasteiger partial charge in [0.2, 0.25) is 0 Å². The van der Waals surface area contributed by atoms with Gasteiger partial charge in [0, 0.05) is 17.4 Å². The summed E-state index contributed by atoms with van der Waals surface area (Å²) < 4.78 is 5.22. The Morgan fingerprint density at radius 2 is 2.00 bits per heavy atom. The van der Waals surface area contributed by atoms with Crippen LogP contribution in [0.15, 0.2) is 24.3 Å². The molecule has 0 aliphatic heterocycles. The van der Waals surface area contributed by atoms with E-state index < -0.39 is 0 Å². The lowest BCUT2D eigenvalue weighted by Crippen LogP contribution is -1.97. The molecule has 0 unspecified atom stereocenters. The van der Waals surface area contributed by atoms with Crippen LogP contribution in [-0.4, -0.2) is 17.2 Å². The maximum absolute atomic E-state index is 10.1.